The molecule has 0 radical (unpaired) electrons. The van der Waals surface area contributed by atoms with Gasteiger partial charge in [-0.05, 0) is 43.2 Å². The minimum absolute atomic E-state index is 0.0298. The van der Waals surface area contributed by atoms with E-state index in [1.165, 1.54) is 5.57 Å². The van der Waals surface area contributed by atoms with Gasteiger partial charge in [0.05, 0.1) is 12.4 Å². The van der Waals surface area contributed by atoms with Crippen molar-refractivity contribution < 1.29 is 14.3 Å². The summed E-state index contributed by atoms with van der Waals surface area (Å²) in [6.45, 7) is 6.53. The van der Waals surface area contributed by atoms with Crippen molar-refractivity contribution in [2.75, 3.05) is 7.11 Å². The number of methoxy groups -OCH3 is 1. The van der Waals surface area contributed by atoms with Crippen LogP contribution in [0.25, 0.3) is 0 Å². The fraction of sp³-hybridized carbons (Fsp3) is 0.625. The van der Waals surface area contributed by atoms with E-state index in [0.717, 1.165) is 18.6 Å². The summed E-state index contributed by atoms with van der Waals surface area (Å²) in [5.74, 6) is 1.27. The molecule has 1 aliphatic carbocycles. The lowest BCUT2D eigenvalue weighted by atomic mass is 9.66. The Morgan fingerprint density at radius 1 is 1.53 bits per heavy atom. The van der Waals surface area contributed by atoms with Crippen LogP contribution in [-0.4, -0.2) is 18.3 Å². The SMILES string of the molecule is COC(CC1C(C)=CC(O)CC1(C)C)c1ccco1. The van der Waals surface area contributed by atoms with E-state index in [-0.39, 0.29) is 17.6 Å². The molecule has 0 spiro atoms. The van der Waals surface area contributed by atoms with E-state index in [9.17, 15) is 5.11 Å². The normalized spacial score (nSPS) is 27.9. The topological polar surface area (TPSA) is 42.6 Å². The van der Waals surface area contributed by atoms with Gasteiger partial charge in [0.25, 0.3) is 0 Å². The molecule has 106 valence electrons. The van der Waals surface area contributed by atoms with Crippen LogP contribution in [0.1, 0.15) is 45.5 Å². The van der Waals surface area contributed by atoms with Crippen LogP contribution in [0.5, 0.6) is 0 Å². The number of hydrogen-bond acceptors (Lipinski definition) is 3. The van der Waals surface area contributed by atoms with Crippen LogP contribution >= 0.6 is 0 Å². The first kappa shape index (κ1) is 14.4. The number of aliphatic hydroxyl groups excluding tert-OH is 1. The standard InChI is InChI=1S/C16H24O3/c1-11-8-12(17)10-16(2,3)13(11)9-15(18-4)14-6-5-7-19-14/h5-8,12-13,15,17H,9-10H2,1-4H3. The maximum absolute atomic E-state index is 9.88. The van der Waals surface area contributed by atoms with Crippen molar-refractivity contribution in [3.8, 4) is 0 Å². The van der Waals surface area contributed by atoms with Crippen molar-refractivity contribution in [2.24, 2.45) is 11.3 Å². The molecule has 3 atom stereocenters. The highest BCUT2D eigenvalue weighted by Gasteiger charge is 2.38. The minimum atomic E-state index is -0.323. The summed E-state index contributed by atoms with van der Waals surface area (Å²) < 4.78 is 11.0. The molecule has 2 rings (SSSR count). The Morgan fingerprint density at radius 2 is 2.26 bits per heavy atom. The third-order valence-corrected chi connectivity index (χ3v) is 4.28. The molecule has 1 N–H and O–H groups in total. The van der Waals surface area contributed by atoms with Crippen LogP contribution in [0.15, 0.2) is 34.5 Å². The Labute approximate surface area is 115 Å². The number of aliphatic hydroxyl groups is 1. The van der Waals surface area contributed by atoms with Crippen LogP contribution in [0, 0.1) is 11.3 Å². The molecule has 3 unspecified atom stereocenters. The maximum atomic E-state index is 9.88. The van der Waals surface area contributed by atoms with E-state index < -0.39 is 0 Å². The summed E-state index contributed by atoms with van der Waals surface area (Å²) in [7, 11) is 1.72. The van der Waals surface area contributed by atoms with Crippen molar-refractivity contribution in [1.82, 2.24) is 0 Å². The van der Waals surface area contributed by atoms with Gasteiger partial charge in [0, 0.05) is 7.11 Å². The summed E-state index contributed by atoms with van der Waals surface area (Å²) in [6, 6.07) is 3.84. The molecule has 0 fully saturated rings. The molecular formula is C16H24O3. The molecule has 0 aliphatic heterocycles. The monoisotopic (exact) mass is 264 g/mol. The number of ether oxygens (including phenoxy) is 1. The molecule has 0 bridgehead atoms. The first-order valence-electron chi connectivity index (χ1n) is 6.86. The van der Waals surface area contributed by atoms with Crippen LogP contribution in [-0.2, 0) is 4.74 Å². The fourth-order valence-electron chi connectivity index (χ4n) is 3.30. The molecule has 1 heterocycles. The summed E-state index contributed by atoms with van der Waals surface area (Å²) in [5.41, 5.74) is 1.32. The highest BCUT2D eigenvalue weighted by Crippen LogP contribution is 2.45. The molecule has 1 aromatic rings. The number of allylic oxidation sites excluding steroid dienone is 1. The van der Waals surface area contributed by atoms with Gasteiger partial charge in [-0.25, -0.2) is 0 Å². The van der Waals surface area contributed by atoms with Gasteiger partial charge in [-0.1, -0.05) is 25.5 Å². The highest BCUT2D eigenvalue weighted by molar-refractivity contribution is 5.17. The van der Waals surface area contributed by atoms with E-state index in [0.29, 0.717) is 5.92 Å². The quantitative estimate of drug-likeness (QED) is 0.843. The zero-order valence-corrected chi connectivity index (χ0v) is 12.2. The van der Waals surface area contributed by atoms with Crippen LogP contribution < -0.4 is 0 Å². The molecule has 1 aliphatic rings. The summed E-state index contributed by atoms with van der Waals surface area (Å²) in [6.07, 6.45) is 4.98. The molecule has 1 aromatic heterocycles. The van der Waals surface area contributed by atoms with Gasteiger partial charge in [0.15, 0.2) is 0 Å². The predicted molar refractivity (Wildman–Crippen MR) is 74.7 cm³/mol. The molecule has 0 amide bonds. The Kier molecular flexibility index (Phi) is 4.16. The van der Waals surface area contributed by atoms with Gasteiger partial charge in [-0.3, -0.25) is 0 Å². The minimum Gasteiger partial charge on any atom is -0.467 e. The lowest BCUT2D eigenvalue weighted by Gasteiger charge is -2.41. The van der Waals surface area contributed by atoms with Crippen molar-refractivity contribution in [3.05, 3.63) is 35.8 Å². The largest absolute Gasteiger partial charge is 0.467 e. The van der Waals surface area contributed by atoms with Crippen molar-refractivity contribution in [3.63, 3.8) is 0 Å². The van der Waals surface area contributed by atoms with E-state index in [4.69, 9.17) is 9.15 Å². The van der Waals surface area contributed by atoms with Gasteiger partial charge in [0.2, 0.25) is 0 Å². The second-order valence-corrected chi connectivity index (χ2v) is 6.20. The summed E-state index contributed by atoms with van der Waals surface area (Å²) in [4.78, 5) is 0. The van der Waals surface area contributed by atoms with Crippen LogP contribution in [0.2, 0.25) is 0 Å². The summed E-state index contributed by atoms with van der Waals surface area (Å²) in [5, 5.41) is 9.88. The van der Waals surface area contributed by atoms with Gasteiger partial charge in [-0.15, -0.1) is 0 Å². The van der Waals surface area contributed by atoms with E-state index >= 15 is 0 Å². The molecule has 0 saturated heterocycles. The maximum Gasteiger partial charge on any atom is 0.132 e. The number of furan rings is 1. The Morgan fingerprint density at radius 3 is 2.79 bits per heavy atom. The summed E-state index contributed by atoms with van der Waals surface area (Å²) >= 11 is 0. The average molecular weight is 264 g/mol. The number of rotatable bonds is 4. The Hall–Kier alpha value is -1.06. The third-order valence-electron chi connectivity index (χ3n) is 4.28. The molecule has 19 heavy (non-hydrogen) atoms. The lowest BCUT2D eigenvalue weighted by molar-refractivity contribution is 0.0293. The van der Waals surface area contributed by atoms with Gasteiger partial charge in [0.1, 0.15) is 11.9 Å². The Bertz CT molecular complexity index is 431. The first-order valence-corrected chi connectivity index (χ1v) is 6.86. The molecular weight excluding hydrogens is 240 g/mol. The van der Waals surface area contributed by atoms with Gasteiger partial charge >= 0.3 is 0 Å². The third kappa shape index (κ3) is 3.10. The van der Waals surface area contributed by atoms with E-state index in [2.05, 4.69) is 20.8 Å². The van der Waals surface area contributed by atoms with Crippen LogP contribution in [0.4, 0.5) is 0 Å². The van der Waals surface area contributed by atoms with Gasteiger partial charge in [-0.2, -0.15) is 0 Å². The van der Waals surface area contributed by atoms with Crippen molar-refractivity contribution in [2.45, 2.75) is 45.8 Å². The molecule has 3 nitrogen and oxygen atoms in total. The zero-order chi connectivity index (χ0) is 14.0. The smallest absolute Gasteiger partial charge is 0.132 e. The van der Waals surface area contributed by atoms with Gasteiger partial charge < -0.3 is 14.3 Å². The fourth-order valence-corrected chi connectivity index (χ4v) is 3.30. The molecule has 0 saturated carbocycles. The first-order chi connectivity index (χ1) is 8.94. The predicted octanol–water partition coefficient (Wildman–Crippen LogP) is 3.71. The number of hydrogen-bond donors (Lipinski definition) is 1. The van der Waals surface area contributed by atoms with Crippen molar-refractivity contribution >= 4 is 0 Å². The van der Waals surface area contributed by atoms with E-state index in [1.807, 2.05) is 18.2 Å². The molecule has 3 heteroatoms. The Balaban J connectivity index is 2.18. The average Bonchev–Trinajstić information content (AvgIpc) is 2.80. The zero-order valence-electron chi connectivity index (χ0n) is 12.2. The molecule has 0 aromatic carbocycles. The lowest BCUT2D eigenvalue weighted by Crippen LogP contribution is -2.34. The second kappa shape index (κ2) is 5.51. The van der Waals surface area contributed by atoms with E-state index in [1.54, 1.807) is 13.4 Å². The van der Waals surface area contributed by atoms with Crippen LogP contribution in [0.3, 0.4) is 0 Å². The van der Waals surface area contributed by atoms with Crippen molar-refractivity contribution in [1.29, 1.82) is 0 Å². The second-order valence-electron chi connectivity index (χ2n) is 6.20. The highest BCUT2D eigenvalue weighted by atomic mass is 16.5.